The van der Waals surface area contributed by atoms with Crippen LogP contribution in [0.4, 0.5) is 5.69 Å². The Morgan fingerprint density at radius 2 is 1.81 bits per heavy atom. The molecule has 2 unspecified atom stereocenters. The fourth-order valence-corrected chi connectivity index (χ4v) is 7.11. The Kier molecular flexibility index (Phi) is 4.21. The van der Waals surface area contributed by atoms with Gasteiger partial charge in [0.1, 0.15) is 0 Å². The average molecular weight is 389 g/mol. The fourth-order valence-electron chi connectivity index (χ4n) is 6.93. The molecule has 0 radical (unpaired) electrons. The van der Waals surface area contributed by atoms with Crippen LogP contribution in [0.15, 0.2) is 24.3 Å². The molecule has 1 aromatic rings. The Balaban J connectivity index is 1.22. The van der Waals surface area contributed by atoms with Crippen molar-refractivity contribution < 1.29 is 9.90 Å². The van der Waals surface area contributed by atoms with Crippen LogP contribution < -0.4 is 4.90 Å². The van der Waals surface area contributed by atoms with Gasteiger partial charge in [0.15, 0.2) is 0 Å². The molecule has 4 saturated carbocycles. The lowest BCUT2D eigenvalue weighted by Crippen LogP contribution is -2.57. The van der Waals surface area contributed by atoms with Crippen LogP contribution >= 0.6 is 11.6 Å². The summed E-state index contributed by atoms with van der Waals surface area (Å²) in [5.74, 6) is 1.58. The Morgan fingerprint density at radius 1 is 1.11 bits per heavy atom. The predicted octanol–water partition coefficient (Wildman–Crippen LogP) is 3.71. The summed E-state index contributed by atoms with van der Waals surface area (Å²) in [7, 11) is 0. The number of halogens is 1. The van der Waals surface area contributed by atoms with Gasteiger partial charge in [0.2, 0.25) is 5.91 Å². The molecule has 5 aliphatic rings. The Morgan fingerprint density at radius 3 is 2.44 bits per heavy atom. The Hall–Kier alpha value is -1.26. The van der Waals surface area contributed by atoms with Gasteiger partial charge < -0.3 is 14.9 Å². The van der Waals surface area contributed by atoms with Crippen molar-refractivity contribution in [1.29, 1.82) is 0 Å². The Labute approximate surface area is 166 Å². The molecule has 1 heterocycles. The fraction of sp³-hybridized carbons (Fsp3) is 0.682. The lowest BCUT2D eigenvalue weighted by Gasteiger charge is -2.60. The summed E-state index contributed by atoms with van der Waals surface area (Å²) < 4.78 is 0. The number of rotatable bonds is 3. The molecule has 1 aliphatic heterocycles. The van der Waals surface area contributed by atoms with Crippen LogP contribution in [0.25, 0.3) is 0 Å². The average Bonchev–Trinajstić information content (AvgIpc) is 2.59. The number of aliphatic hydroxyl groups is 1. The van der Waals surface area contributed by atoms with Crippen molar-refractivity contribution in [2.45, 2.75) is 50.5 Å². The molecular formula is C22H29ClN2O2. The number of amides is 1. The summed E-state index contributed by atoms with van der Waals surface area (Å²) >= 11 is 6.12. The lowest BCUT2D eigenvalue weighted by atomic mass is 9.47. The maximum absolute atomic E-state index is 13.1. The van der Waals surface area contributed by atoms with Gasteiger partial charge >= 0.3 is 0 Å². The third-order valence-electron chi connectivity index (χ3n) is 7.48. The zero-order chi connectivity index (χ0) is 18.6. The second kappa shape index (κ2) is 6.38. The second-order valence-corrected chi connectivity index (χ2v) is 10.1. The molecule has 1 amide bonds. The normalized spacial score (nSPS) is 37.7. The highest BCUT2D eigenvalue weighted by Gasteiger charge is 2.57. The van der Waals surface area contributed by atoms with E-state index in [1.165, 1.54) is 6.42 Å². The zero-order valence-electron chi connectivity index (χ0n) is 15.9. The van der Waals surface area contributed by atoms with E-state index < -0.39 is 5.60 Å². The summed E-state index contributed by atoms with van der Waals surface area (Å²) in [5, 5.41) is 11.7. The molecule has 0 aromatic heterocycles. The topological polar surface area (TPSA) is 43.8 Å². The first-order valence-electron chi connectivity index (χ1n) is 10.4. The maximum atomic E-state index is 13.1. The van der Waals surface area contributed by atoms with Crippen molar-refractivity contribution in [2.24, 2.45) is 17.3 Å². The smallest absolute Gasteiger partial charge is 0.223 e. The minimum atomic E-state index is -0.477. The van der Waals surface area contributed by atoms with E-state index in [1.807, 2.05) is 23.1 Å². The standard InChI is InChI=1S/C22H29ClN2O2/c23-18-2-1-3-19(9-18)24-4-6-25(7-5-24)20(26)14-21-10-16-8-17(11-21)13-22(27,12-16)15-21/h1-3,9,16-17,27H,4-8,10-15H2/t16-,17+,21?,22?. The number of carbonyl (C=O) groups is 1. The number of piperazine rings is 1. The molecule has 5 fully saturated rings. The molecule has 6 rings (SSSR count). The molecule has 1 aromatic carbocycles. The van der Waals surface area contributed by atoms with E-state index in [9.17, 15) is 9.90 Å². The molecular weight excluding hydrogens is 360 g/mol. The van der Waals surface area contributed by atoms with E-state index in [0.29, 0.717) is 24.2 Å². The first-order valence-corrected chi connectivity index (χ1v) is 10.8. The van der Waals surface area contributed by atoms with E-state index >= 15 is 0 Å². The quantitative estimate of drug-likeness (QED) is 0.858. The van der Waals surface area contributed by atoms with Gasteiger partial charge in [-0.25, -0.2) is 0 Å². The van der Waals surface area contributed by atoms with Gasteiger partial charge in [-0.05, 0) is 74.0 Å². The summed E-state index contributed by atoms with van der Waals surface area (Å²) in [5.41, 5.74) is 0.730. The number of hydrogen-bond acceptors (Lipinski definition) is 3. The van der Waals surface area contributed by atoms with Crippen LogP contribution in [-0.2, 0) is 4.79 Å². The van der Waals surface area contributed by atoms with Crippen LogP contribution in [0.5, 0.6) is 0 Å². The zero-order valence-corrected chi connectivity index (χ0v) is 16.6. The number of benzene rings is 1. The first-order chi connectivity index (χ1) is 12.9. The molecule has 4 nitrogen and oxygen atoms in total. The highest BCUT2D eigenvalue weighted by Crippen LogP contribution is 2.62. The van der Waals surface area contributed by atoms with Crippen LogP contribution in [0, 0.1) is 17.3 Å². The van der Waals surface area contributed by atoms with Crippen LogP contribution in [0.1, 0.15) is 44.9 Å². The highest BCUT2D eigenvalue weighted by molar-refractivity contribution is 6.30. The summed E-state index contributed by atoms with van der Waals surface area (Å²) in [4.78, 5) is 17.4. The van der Waals surface area contributed by atoms with Crippen molar-refractivity contribution in [3.63, 3.8) is 0 Å². The summed E-state index contributed by atoms with van der Waals surface area (Å²) in [6, 6.07) is 7.95. The number of hydrogen-bond donors (Lipinski definition) is 1. The van der Waals surface area contributed by atoms with Crippen molar-refractivity contribution in [1.82, 2.24) is 4.90 Å². The van der Waals surface area contributed by atoms with Gasteiger partial charge in [-0.3, -0.25) is 4.79 Å². The van der Waals surface area contributed by atoms with Gasteiger partial charge in [-0.2, -0.15) is 0 Å². The highest BCUT2D eigenvalue weighted by atomic mass is 35.5. The third-order valence-corrected chi connectivity index (χ3v) is 7.72. The molecule has 27 heavy (non-hydrogen) atoms. The molecule has 146 valence electrons. The molecule has 0 spiro atoms. The van der Waals surface area contributed by atoms with Gasteiger partial charge in [-0.15, -0.1) is 0 Å². The second-order valence-electron chi connectivity index (χ2n) is 9.71. The van der Waals surface area contributed by atoms with Gasteiger partial charge in [0.25, 0.3) is 0 Å². The van der Waals surface area contributed by atoms with Gasteiger partial charge in [0.05, 0.1) is 5.60 Å². The summed E-state index contributed by atoms with van der Waals surface area (Å²) in [6.45, 7) is 3.26. The van der Waals surface area contributed by atoms with E-state index in [-0.39, 0.29) is 5.41 Å². The Bertz CT molecular complexity index is 730. The van der Waals surface area contributed by atoms with Crippen LogP contribution in [0.2, 0.25) is 5.02 Å². The lowest BCUT2D eigenvalue weighted by molar-refractivity contribution is -0.172. The number of anilines is 1. The molecule has 4 aliphatic carbocycles. The predicted molar refractivity (Wildman–Crippen MR) is 107 cm³/mol. The van der Waals surface area contributed by atoms with Crippen LogP contribution in [0.3, 0.4) is 0 Å². The van der Waals surface area contributed by atoms with E-state index in [1.54, 1.807) is 0 Å². The number of nitrogens with zero attached hydrogens (tertiary/aromatic N) is 2. The summed E-state index contributed by atoms with van der Waals surface area (Å²) in [6.07, 6.45) is 7.01. The van der Waals surface area contributed by atoms with E-state index in [0.717, 1.165) is 69.0 Å². The molecule has 4 bridgehead atoms. The molecule has 5 heteroatoms. The maximum Gasteiger partial charge on any atom is 0.223 e. The molecule has 1 saturated heterocycles. The van der Waals surface area contributed by atoms with E-state index in [2.05, 4.69) is 11.0 Å². The van der Waals surface area contributed by atoms with Gasteiger partial charge in [0, 0.05) is 43.3 Å². The SMILES string of the molecule is O=C(CC12C[C@@H]3C[C@@H](CC(O)(C3)C1)C2)N1CCN(c2cccc(Cl)c2)CC1. The van der Waals surface area contributed by atoms with E-state index in [4.69, 9.17) is 11.6 Å². The largest absolute Gasteiger partial charge is 0.390 e. The van der Waals surface area contributed by atoms with Gasteiger partial charge in [-0.1, -0.05) is 17.7 Å². The number of carbonyl (C=O) groups excluding carboxylic acids is 1. The van der Waals surface area contributed by atoms with Crippen LogP contribution in [-0.4, -0.2) is 47.7 Å². The molecule has 4 atom stereocenters. The van der Waals surface area contributed by atoms with Crippen molar-refractivity contribution in [3.05, 3.63) is 29.3 Å². The third kappa shape index (κ3) is 3.36. The van der Waals surface area contributed by atoms with Crippen molar-refractivity contribution >= 4 is 23.2 Å². The minimum absolute atomic E-state index is 0.0695. The molecule has 1 N–H and O–H groups in total. The first kappa shape index (κ1) is 17.8. The van der Waals surface area contributed by atoms with Crippen molar-refractivity contribution in [2.75, 3.05) is 31.1 Å². The minimum Gasteiger partial charge on any atom is -0.390 e. The van der Waals surface area contributed by atoms with Crippen molar-refractivity contribution in [3.8, 4) is 0 Å². The monoisotopic (exact) mass is 388 g/mol.